The molecule has 5 nitrogen and oxygen atoms in total. The SMILES string of the molecule is CC.CC.CC(NC(=O)c1ccc2c(Oc3ccc(C(F)(F)F)cc3)cccc2c1)c1cn(C)cn1. The average molecular weight is 500 g/mol. The van der Waals surface area contributed by atoms with E-state index in [1.807, 2.05) is 58.5 Å². The lowest BCUT2D eigenvalue weighted by atomic mass is 10.1. The number of amides is 1. The number of hydrogen-bond donors (Lipinski definition) is 1. The Morgan fingerprint density at radius 3 is 2.25 bits per heavy atom. The monoisotopic (exact) mass is 499 g/mol. The minimum absolute atomic E-state index is 0.237. The first-order valence-electron chi connectivity index (χ1n) is 11.9. The molecule has 36 heavy (non-hydrogen) atoms. The minimum Gasteiger partial charge on any atom is -0.457 e. The lowest BCUT2D eigenvalue weighted by molar-refractivity contribution is -0.137. The van der Waals surface area contributed by atoms with E-state index in [0.717, 1.165) is 28.6 Å². The van der Waals surface area contributed by atoms with Crippen molar-refractivity contribution >= 4 is 16.7 Å². The molecule has 1 N–H and O–H groups in total. The zero-order valence-corrected chi connectivity index (χ0v) is 21.4. The number of carbonyl (C=O) groups excluding carboxylic acids is 1. The maximum absolute atomic E-state index is 12.8. The molecule has 4 aromatic rings. The van der Waals surface area contributed by atoms with Gasteiger partial charge in [0.05, 0.1) is 23.6 Å². The van der Waals surface area contributed by atoms with Gasteiger partial charge in [-0.1, -0.05) is 39.8 Å². The molecule has 1 unspecified atom stereocenters. The third kappa shape index (κ3) is 7.10. The molecule has 0 bridgehead atoms. The number of alkyl halides is 3. The second-order valence-electron chi connectivity index (χ2n) is 7.48. The van der Waals surface area contributed by atoms with Crippen LogP contribution in [0.4, 0.5) is 13.2 Å². The molecule has 0 aliphatic carbocycles. The van der Waals surface area contributed by atoms with Gasteiger partial charge in [-0.15, -0.1) is 0 Å². The van der Waals surface area contributed by atoms with E-state index in [1.165, 1.54) is 12.1 Å². The number of ether oxygens (including phenoxy) is 1. The van der Waals surface area contributed by atoms with Crippen LogP contribution in [0.15, 0.2) is 73.2 Å². The van der Waals surface area contributed by atoms with Gasteiger partial charge in [0.25, 0.3) is 5.91 Å². The summed E-state index contributed by atoms with van der Waals surface area (Å²) in [6.07, 6.45) is -0.884. The summed E-state index contributed by atoms with van der Waals surface area (Å²) in [5, 5.41) is 4.43. The Labute approximate surface area is 209 Å². The number of halogens is 3. The molecular formula is C28H32F3N3O2. The van der Waals surface area contributed by atoms with Gasteiger partial charge in [0.2, 0.25) is 0 Å². The van der Waals surface area contributed by atoms with Crippen molar-refractivity contribution in [2.45, 2.75) is 46.8 Å². The first-order chi connectivity index (χ1) is 17.2. The van der Waals surface area contributed by atoms with Crippen LogP contribution in [0.25, 0.3) is 10.8 Å². The Hall–Kier alpha value is -3.81. The van der Waals surface area contributed by atoms with Gasteiger partial charge >= 0.3 is 6.18 Å². The second kappa shape index (κ2) is 12.8. The maximum Gasteiger partial charge on any atom is 0.416 e. The zero-order chi connectivity index (χ0) is 26.9. The van der Waals surface area contributed by atoms with Crippen LogP contribution in [0.2, 0.25) is 0 Å². The van der Waals surface area contributed by atoms with Crippen molar-refractivity contribution in [1.29, 1.82) is 0 Å². The van der Waals surface area contributed by atoms with Gasteiger partial charge in [0.1, 0.15) is 11.5 Å². The van der Waals surface area contributed by atoms with Crippen LogP contribution in [0.5, 0.6) is 11.5 Å². The predicted molar refractivity (Wildman–Crippen MR) is 137 cm³/mol. The highest BCUT2D eigenvalue weighted by Crippen LogP contribution is 2.33. The quantitative estimate of drug-likeness (QED) is 0.303. The smallest absolute Gasteiger partial charge is 0.416 e. The third-order valence-electron chi connectivity index (χ3n) is 5.03. The van der Waals surface area contributed by atoms with Crippen LogP contribution in [0.1, 0.15) is 62.3 Å². The molecule has 0 saturated carbocycles. The number of aryl methyl sites for hydroxylation is 1. The Bertz CT molecular complexity index is 1270. The Morgan fingerprint density at radius 2 is 1.67 bits per heavy atom. The number of nitrogens with zero attached hydrogens (tertiary/aromatic N) is 2. The van der Waals surface area contributed by atoms with E-state index in [9.17, 15) is 18.0 Å². The number of nitrogens with one attached hydrogen (secondary N) is 1. The molecule has 0 saturated heterocycles. The van der Waals surface area contributed by atoms with Crippen LogP contribution >= 0.6 is 0 Å². The molecule has 1 heterocycles. The number of hydrogen-bond acceptors (Lipinski definition) is 3. The minimum atomic E-state index is -4.40. The fraction of sp³-hybridized carbons (Fsp3) is 0.286. The normalized spacial score (nSPS) is 11.5. The molecule has 192 valence electrons. The number of fused-ring (bicyclic) bond motifs is 1. The lowest BCUT2D eigenvalue weighted by Crippen LogP contribution is -2.26. The molecule has 1 aromatic heterocycles. The standard InChI is InChI=1S/C24H20F3N3O2.2C2H6/c1-15(21-13-30(2)14-28-21)29-23(31)17-6-11-20-16(12-17)4-3-5-22(20)32-19-9-7-18(8-10-19)24(25,26)27;2*1-2/h3-15H,1-2H3,(H,29,31);2*1-2H3. The van der Waals surface area contributed by atoms with Crippen molar-refractivity contribution in [3.05, 3.63) is 90.0 Å². The molecule has 0 aliphatic rings. The van der Waals surface area contributed by atoms with Gasteiger partial charge in [0.15, 0.2) is 0 Å². The molecule has 1 amide bonds. The van der Waals surface area contributed by atoms with Crippen molar-refractivity contribution in [2.75, 3.05) is 0 Å². The van der Waals surface area contributed by atoms with Gasteiger partial charge in [0, 0.05) is 24.2 Å². The number of carbonyl (C=O) groups is 1. The molecule has 4 rings (SSSR count). The highest BCUT2D eigenvalue weighted by atomic mass is 19.4. The first-order valence-corrected chi connectivity index (χ1v) is 11.9. The largest absolute Gasteiger partial charge is 0.457 e. The van der Waals surface area contributed by atoms with Crippen molar-refractivity contribution in [3.8, 4) is 11.5 Å². The number of rotatable bonds is 5. The Morgan fingerprint density at radius 1 is 1.00 bits per heavy atom. The topological polar surface area (TPSA) is 56.1 Å². The number of imidazole rings is 1. The summed E-state index contributed by atoms with van der Waals surface area (Å²) in [4.78, 5) is 17.0. The van der Waals surface area contributed by atoms with E-state index >= 15 is 0 Å². The highest BCUT2D eigenvalue weighted by Gasteiger charge is 2.30. The summed E-state index contributed by atoms with van der Waals surface area (Å²) in [5.74, 6) is 0.534. The van der Waals surface area contributed by atoms with Crippen molar-refractivity contribution in [1.82, 2.24) is 14.9 Å². The molecule has 0 aliphatic heterocycles. The third-order valence-corrected chi connectivity index (χ3v) is 5.03. The molecule has 1 atom stereocenters. The molecule has 3 aromatic carbocycles. The van der Waals surface area contributed by atoms with E-state index in [1.54, 1.807) is 36.7 Å². The first kappa shape index (κ1) is 28.4. The number of benzene rings is 3. The second-order valence-corrected chi connectivity index (χ2v) is 7.48. The van der Waals surface area contributed by atoms with E-state index in [4.69, 9.17) is 4.74 Å². The van der Waals surface area contributed by atoms with Crippen molar-refractivity contribution in [2.24, 2.45) is 7.05 Å². The fourth-order valence-electron chi connectivity index (χ4n) is 3.33. The molecule has 8 heteroatoms. The highest BCUT2D eigenvalue weighted by molar-refractivity contribution is 6.00. The van der Waals surface area contributed by atoms with Crippen LogP contribution in [-0.2, 0) is 13.2 Å². The predicted octanol–water partition coefficient (Wildman–Crippen LogP) is 7.93. The van der Waals surface area contributed by atoms with Crippen LogP contribution < -0.4 is 10.1 Å². The molecule has 0 radical (unpaired) electrons. The van der Waals surface area contributed by atoms with Gasteiger partial charge in [-0.05, 0) is 60.8 Å². The van der Waals surface area contributed by atoms with Crippen LogP contribution in [0.3, 0.4) is 0 Å². The summed E-state index contributed by atoms with van der Waals surface area (Å²) in [6, 6.07) is 14.8. The summed E-state index contributed by atoms with van der Waals surface area (Å²) in [7, 11) is 1.86. The Kier molecular flexibility index (Phi) is 10.1. The van der Waals surface area contributed by atoms with E-state index in [-0.39, 0.29) is 17.7 Å². The lowest BCUT2D eigenvalue weighted by Gasteiger charge is -2.13. The molecule has 0 fully saturated rings. The number of aromatic nitrogens is 2. The van der Waals surface area contributed by atoms with Crippen LogP contribution in [-0.4, -0.2) is 15.5 Å². The average Bonchev–Trinajstić information content (AvgIpc) is 3.32. The van der Waals surface area contributed by atoms with Gasteiger partial charge in [-0.2, -0.15) is 13.2 Å². The van der Waals surface area contributed by atoms with E-state index < -0.39 is 11.7 Å². The maximum atomic E-state index is 12.8. The summed E-state index contributed by atoms with van der Waals surface area (Å²) >= 11 is 0. The van der Waals surface area contributed by atoms with Gasteiger partial charge < -0.3 is 14.6 Å². The summed E-state index contributed by atoms with van der Waals surface area (Å²) < 4.78 is 45.9. The fourth-order valence-corrected chi connectivity index (χ4v) is 3.33. The molecular weight excluding hydrogens is 467 g/mol. The summed E-state index contributed by atoms with van der Waals surface area (Å²) in [6.45, 7) is 9.86. The van der Waals surface area contributed by atoms with Crippen molar-refractivity contribution in [3.63, 3.8) is 0 Å². The van der Waals surface area contributed by atoms with Gasteiger partial charge in [-0.25, -0.2) is 4.98 Å². The van der Waals surface area contributed by atoms with Gasteiger partial charge in [-0.3, -0.25) is 4.79 Å². The Balaban J connectivity index is 0.00000109. The molecule has 0 spiro atoms. The van der Waals surface area contributed by atoms with Crippen LogP contribution in [0, 0.1) is 0 Å². The van der Waals surface area contributed by atoms with Crippen molar-refractivity contribution < 1.29 is 22.7 Å². The van der Waals surface area contributed by atoms with E-state index in [2.05, 4.69) is 10.3 Å². The summed E-state index contributed by atoms with van der Waals surface area (Å²) in [5.41, 5.74) is 0.499. The zero-order valence-electron chi connectivity index (χ0n) is 21.4. The van der Waals surface area contributed by atoms with E-state index in [0.29, 0.717) is 11.3 Å².